The molecule has 2 heteroatoms. The van der Waals surface area contributed by atoms with Crippen molar-refractivity contribution in [2.75, 3.05) is 7.11 Å². The fourth-order valence-corrected chi connectivity index (χ4v) is 3.02. The number of hydrogen-bond acceptors (Lipinski definition) is 2. The molecule has 2 fully saturated rings. The van der Waals surface area contributed by atoms with Crippen LogP contribution in [0.5, 0.6) is 0 Å². The van der Waals surface area contributed by atoms with Crippen molar-refractivity contribution in [3.8, 4) is 0 Å². The number of rotatable bonds is 2. The van der Waals surface area contributed by atoms with Crippen LogP contribution >= 0.6 is 0 Å². The molecule has 4 unspecified atom stereocenters. The molecule has 0 radical (unpaired) electrons. The number of carbonyl (C=O) groups is 1. The lowest BCUT2D eigenvalue weighted by atomic mass is 9.84. The fraction of sp³-hybridized carbons (Fsp3) is 0.900. The minimum atomic E-state index is 0.314. The summed E-state index contributed by atoms with van der Waals surface area (Å²) in [5.41, 5.74) is 0. The molecule has 2 saturated carbocycles. The molecular formula is C10H16O2. The summed E-state index contributed by atoms with van der Waals surface area (Å²) in [4.78, 5) is 11.2. The van der Waals surface area contributed by atoms with Gasteiger partial charge in [-0.15, -0.1) is 0 Å². The van der Waals surface area contributed by atoms with E-state index in [1.807, 2.05) is 0 Å². The summed E-state index contributed by atoms with van der Waals surface area (Å²) in [6, 6.07) is 0. The van der Waals surface area contributed by atoms with Crippen molar-refractivity contribution in [2.45, 2.75) is 32.3 Å². The van der Waals surface area contributed by atoms with Gasteiger partial charge in [-0.25, -0.2) is 0 Å². The molecule has 0 amide bonds. The van der Waals surface area contributed by atoms with E-state index in [-0.39, 0.29) is 0 Å². The van der Waals surface area contributed by atoms with Crippen molar-refractivity contribution in [3.05, 3.63) is 0 Å². The van der Waals surface area contributed by atoms with E-state index in [1.165, 1.54) is 12.8 Å². The van der Waals surface area contributed by atoms with Gasteiger partial charge in [-0.3, -0.25) is 4.79 Å². The van der Waals surface area contributed by atoms with Crippen LogP contribution < -0.4 is 0 Å². The molecule has 2 rings (SSSR count). The van der Waals surface area contributed by atoms with Gasteiger partial charge in [-0.1, -0.05) is 0 Å². The van der Waals surface area contributed by atoms with E-state index in [4.69, 9.17) is 4.74 Å². The van der Waals surface area contributed by atoms with E-state index >= 15 is 0 Å². The summed E-state index contributed by atoms with van der Waals surface area (Å²) in [5.74, 6) is 1.99. The maximum Gasteiger partial charge on any atom is 0.133 e. The number of ketones is 1. The lowest BCUT2D eigenvalue weighted by Gasteiger charge is -2.26. The molecule has 4 atom stereocenters. The standard InChI is InChI=1S/C10H16O2/c1-6(11)8-3-7-4-9(8)10(5-7)12-2/h7-10H,3-5H2,1-2H3. The molecule has 2 bridgehead atoms. The van der Waals surface area contributed by atoms with Gasteiger partial charge in [0.05, 0.1) is 6.10 Å². The third-order valence-corrected chi connectivity index (χ3v) is 3.58. The van der Waals surface area contributed by atoms with Crippen molar-refractivity contribution in [1.29, 1.82) is 0 Å². The predicted octanol–water partition coefficient (Wildman–Crippen LogP) is 1.64. The fourth-order valence-electron chi connectivity index (χ4n) is 3.02. The highest BCUT2D eigenvalue weighted by atomic mass is 16.5. The Kier molecular flexibility index (Phi) is 1.95. The maximum atomic E-state index is 11.2. The Morgan fingerprint density at radius 1 is 1.33 bits per heavy atom. The van der Waals surface area contributed by atoms with Gasteiger partial charge in [-0.2, -0.15) is 0 Å². The number of fused-ring (bicyclic) bond motifs is 2. The zero-order valence-electron chi connectivity index (χ0n) is 7.75. The normalized spacial score (nSPS) is 45.2. The van der Waals surface area contributed by atoms with E-state index in [0.29, 0.717) is 23.7 Å². The Bertz CT molecular complexity index is 200. The SMILES string of the molecule is COC1CC2CC(C(C)=O)C1C2. The smallest absolute Gasteiger partial charge is 0.133 e. The average molecular weight is 168 g/mol. The van der Waals surface area contributed by atoms with Gasteiger partial charge in [-0.05, 0) is 38.0 Å². The molecule has 0 N–H and O–H groups in total. The van der Waals surface area contributed by atoms with Crippen LogP contribution in [0.25, 0.3) is 0 Å². The van der Waals surface area contributed by atoms with E-state index in [1.54, 1.807) is 14.0 Å². The van der Waals surface area contributed by atoms with E-state index in [2.05, 4.69) is 0 Å². The largest absolute Gasteiger partial charge is 0.381 e. The minimum Gasteiger partial charge on any atom is -0.381 e. The van der Waals surface area contributed by atoms with Gasteiger partial charge in [0.2, 0.25) is 0 Å². The molecule has 0 heterocycles. The Hall–Kier alpha value is -0.370. The molecule has 12 heavy (non-hydrogen) atoms. The molecule has 2 nitrogen and oxygen atoms in total. The van der Waals surface area contributed by atoms with E-state index < -0.39 is 0 Å². The summed E-state index contributed by atoms with van der Waals surface area (Å²) >= 11 is 0. The molecule has 0 spiro atoms. The average Bonchev–Trinajstić information content (AvgIpc) is 2.60. The van der Waals surface area contributed by atoms with Crippen LogP contribution in [0, 0.1) is 17.8 Å². The summed E-state index contributed by atoms with van der Waals surface area (Å²) < 4.78 is 5.37. The van der Waals surface area contributed by atoms with Crippen LogP contribution in [-0.2, 0) is 9.53 Å². The molecule has 0 aromatic heterocycles. The highest BCUT2D eigenvalue weighted by molar-refractivity contribution is 5.79. The molecular weight excluding hydrogens is 152 g/mol. The van der Waals surface area contributed by atoms with Crippen molar-refractivity contribution in [3.63, 3.8) is 0 Å². The third kappa shape index (κ3) is 1.09. The first-order valence-electron chi connectivity index (χ1n) is 4.75. The number of ether oxygens (including phenoxy) is 1. The number of carbonyl (C=O) groups excluding carboxylic acids is 1. The third-order valence-electron chi connectivity index (χ3n) is 3.58. The molecule has 0 saturated heterocycles. The number of Topliss-reactive ketones (excluding diaryl/α,β-unsaturated/α-hetero) is 1. The van der Waals surface area contributed by atoms with Gasteiger partial charge in [0.25, 0.3) is 0 Å². The number of hydrogen-bond donors (Lipinski definition) is 0. The van der Waals surface area contributed by atoms with Crippen LogP contribution in [0.1, 0.15) is 26.2 Å². The van der Waals surface area contributed by atoms with Crippen molar-refractivity contribution in [2.24, 2.45) is 17.8 Å². The van der Waals surface area contributed by atoms with Gasteiger partial charge < -0.3 is 4.74 Å². The maximum absolute atomic E-state index is 11.2. The molecule has 2 aliphatic carbocycles. The molecule has 2 aliphatic rings. The zero-order chi connectivity index (χ0) is 8.72. The van der Waals surface area contributed by atoms with Gasteiger partial charge >= 0.3 is 0 Å². The zero-order valence-corrected chi connectivity index (χ0v) is 7.75. The Labute approximate surface area is 73.3 Å². The second kappa shape index (κ2) is 2.84. The van der Waals surface area contributed by atoms with Crippen LogP contribution in [0.3, 0.4) is 0 Å². The Balaban J connectivity index is 2.09. The lowest BCUT2D eigenvalue weighted by molar-refractivity contribution is -0.124. The van der Waals surface area contributed by atoms with Crippen LogP contribution in [0.4, 0.5) is 0 Å². The molecule has 0 aliphatic heterocycles. The predicted molar refractivity (Wildman–Crippen MR) is 45.8 cm³/mol. The first-order valence-corrected chi connectivity index (χ1v) is 4.75. The van der Waals surface area contributed by atoms with Crippen LogP contribution in [0.2, 0.25) is 0 Å². The lowest BCUT2D eigenvalue weighted by Crippen LogP contribution is -2.30. The quantitative estimate of drug-likeness (QED) is 0.626. The molecule has 68 valence electrons. The highest BCUT2D eigenvalue weighted by Gasteiger charge is 2.47. The second-order valence-electron chi connectivity index (χ2n) is 4.23. The van der Waals surface area contributed by atoms with Gasteiger partial charge in [0.1, 0.15) is 5.78 Å². The topological polar surface area (TPSA) is 26.3 Å². The van der Waals surface area contributed by atoms with Gasteiger partial charge in [0, 0.05) is 13.0 Å². The van der Waals surface area contributed by atoms with Crippen molar-refractivity contribution < 1.29 is 9.53 Å². The Morgan fingerprint density at radius 2 is 2.08 bits per heavy atom. The monoisotopic (exact) mass is 168 g/mol. The summed E-state index contributed by atoms with van der Waals surface area (Å²) in [6.07, 6.45) is 3.91. The first-order chi connectivity index (χ1) is 5.72. The highest BCUT2D eigenvalue weighted by Crippen LogP contribution is 2.49. The van der Waals surface area contributed by atoms with Crippen LogP contribution in [0.15, 0.2) is 0 Å². The van der Waals surface area contributed by atoms with Crippen molar-refractivity contribution in [1.82, 2.24) is 0 Å². The molecule has 0 aromatic rings. The summed E-state index contributed by atoms with van der Waals surface area (Å²) in [5, 5.41) is 0. The number of methoxy groups -OCH3 is 1. The summed E-state index contributed by atoms with van der Waals surface area (Å²) in [6.45, 7) is 1.72. The van der Waals surface area contributed by atoms with E-state index in [0.717, 1.165) is 12.3 Å². The first kappa shape index (κ1) is 8.24. The Morgan fingerprint density at radius 3 is 2.58 bits per heavy atom. The summed E-state index contributed by atoms with van der Waals surface area (Å²) in [7, 11) is 1.77. The van der Waals surface area contributed by atoms with E-state index in [9.17, 15) is 4.79 Å². The molecule has 0 aromatic carbocycles. The second-order valence-corrected chi connectivity index (χ2v) is 4.23. The van der Waals surface area contributed by atoms with Crippen molar-refractivity contribution >= 4 is 5.78 Å². The van der Waals surface area contributed by atoms with Crippen LogP contribution in [-0.4, -0.2) is 19.0 Å². The minimum absolute atomic E-state index is 0.314. The van der Waals surface area contributed by atoms with Gasteiger partial charge in [0.15, 0.2) is 0 Å².